The molecule has 19 heavy (non-hydrogen) atoms. The summed E-state index contributed by atoms with van der Waals surface area (Å²) in [6, 6.07) is 1.47. The van der Waals surface area contributed by atoms with Gasteiger partial charge in [0.1, 0.15) is 10.7 Å². The number of nitrogen functional groups attached to an aromatic ring is 1. The Balaban J connectivity index is 2.26. The summed E-state index contributed by atoms with van der Waals surface area (Å²) in [4.78, 5) is 3.89. The molecule has 2 heterocycles. The maximum atomic E-state index is 12.5. The topological polar surface area (TPSA) is 96.5 Å². The van der Waals surface area contributed by atoms with Gasteiger partial charge in [-0.05, 0) is 40.8 Å². The van der Waals surface area contributed by atoms with Gasteiger partial charge in [-0.25, -0.2) is 13.4 Å². The number of aliphatic hydroxyl groups is 1. The van der Waals surface area contributed by atoms with Gasteiger partial charge in [0.25, 0.3) is 0 Å². The zero-order valence-electron chi connectivity index (χ0n) is 10.3. The standard InChI is InChI=1S/C11H16BrN3O3S/c12-9-5-10(11(13)14-6-9)19(17,18)15-3-1-8(7-15)2-4-16/h5-6,8,16H,1-4,7H2,(H2,13,14). The Morgan fingerprint density at radius 1 is 1.58 bits per heavy atom. The number of aromatic nitrogens is 1. The quantitative estimate of drug-likeness (QED) is 0.838. The molecule has 1 aromatic rings. The minimum Gasteiger partial charge on any atom is -0.396 e. The van der Waals surface area contributed by atoms with E-state index in [1.54, 1.807) is 0 Å². The summed E-state index contributed by atoms with van der Waals surface area (Å²) in [6.07, 6.45) is 2.85. The van der Waals surface area contributed by atoms with E-state index in [-0.39, 0.29) is 23.2 Å². The van der Waals surface area contributed by atoms with Crippen LogP contribution in [0.15, 0.2) is 21.6 Å². The minimum absolute atomic E-state index is 0.00816. The number of hydrogen-bond acceptors (Lipinski definition) is 5. The molecule has 3 N–H and O–H groups in total. The van der Waals surface area contributed by atoms with Crippen molar-refractivity contribution in [1.29, 1.82) is 0 Å². The summed E-state index contributed by atoms with van der Waals surface area (Å²) < 4.78 is 26.9. The molecule has 1 atom stereocenters. The molecule has 2 rings (SSSR count). The predicted molar refractivity (Wildman–Crippen MR) is 74.9 cm³/mol. The molecule has 6 nitrogen and oxygen atoms in total. The molecule has 0 spiro atoms. The molecule has 1 fully saturated rings. The van der Waals surface area contributed by atoms with Crippen molar-refractivity contribution in [1.82, 2.24) is 9.29 Å². The second-order valence-electron chi connectivity index (χ2n) is 4.57. The average Bonchev–Trinajstić information content (AvgIpc) is 2.82. The number of aliphatic hydroxyl groups excluding tert-OH is 1. The van der Waals surface area contributed by atoms with Gasteiger partial charge in [0.15, 0.2) is 0 Å². The van der Waals surface area contributed by atoms with E-state index in [0.29, 0.717) is 24.0 Å². The Bertz CT molecular complexity index is 564. The lowest BCUT2D eigenvalue weighted by Gasteiger charge is -2.17. The Hall–Kier alpha value is -0.700. The van der Waals surface area contributed by atoms with Crippen LogP contribution in [0.1, 0.15) is 12.8 Å². The maximum Gasteiger partial charge on any atom is 0.246 e. The molecule has 0 aliphatic carbocycles. The average molecular weight is 350 g/mol. The molecule has 0 radical (unpaired) electrons. The molecule has 1 aromatic heterocycles. The van der Waals surface area contributed by atoms with Gasteiger partial charge in [0.2, 0.25) is 10.0 Å². The van der Waals surface area contributed by atoms with Crippen LogP contribution >= 0.6 is 15.9 Å². The fourth-order valence-electron chi connectivity index (χ4n) is 2.21. The highest BCUT2D eigenvalue weighted by molar-refractivity contribution is 9.10. The number of nitrogens with zero attached hydrogens (tertiary/aromatic N) is 2. The summed E-state index contributed by atoms with van der Waals surface area (Å²) in [6.45, 7) is 0.965. The van der Waals surface area contributed by atoms with Crippen LogP contribution in [0, 0.1) is 5.92 Å². The number of halogens is 1. The monoisotopic (exact) mass is 349 g/mol. The van der Waals surface area contributed by atoms with E-state index in [9.17, 15) is 8.42 Å². The molecule has 0 aromatic carbocycles. The first-order chi connectivity index (χ1) is 8.95. The summed E-state index contributed by atoms with van der Waals surface area (Å²) in [5.41, 5.74) is 5.66. The van der Waals surface area contributed by atoms with Crippen LogP contribution in [0.2, 0.25) is 0 Å². The summed E-state index contributed by atoms with van der Waals surface area (Å²) >= 11 is 3.20. The number of pyridine rings is 1. The maximum absolute atomic E-state index is 12.5. The fourth-order valence-corrected chi connectivity index (χ4v) is 4.32. The van der Waals surface area contributed by atoms with Crippen molar-refractivity contribution in [3.05, 3.63) is 16.7 Å². The first kappa shape index (κ1) is 14.7. The zero-order valence-corrected chi connectivity index (χ0v) is 12.7. The Morgan fingerprint density at radius 3 is 3.00 bits per heavy atom. The van der Waals surface area contributed by atoms with Crippen molar-refractivity contribution in [2.75, 3.05) is 25.4 Å². The van der Waals surface area contributed by atoms with Crippen molar-refractivity contribution in [3.8, 4) is 0 Å². The molecule has 8 heteroatoms. The van der Waals surface area contributed by atoms with Crippen LogP contribution in [-0.4, -0.2) is 42.5 Å². The molecular formula is C11H16BrN3O3S. The molecular weight excluding hydrogens is 334 g/mol. The van der Waals surface area contributed by atoms with E-state index in [1.807, 2.05) is 0 Å². The molecule has 1 aliphatic rings. The number of rotatable bonds is 4. The number of nitrogens with two attached hydrogens (primary N) is 1. The second kappa shape index (κ2) is 5.74. The molecule has 1 saturated heterocycles. The van der Waals surface area contributed by atoms with Gasteiger partial charge in [0.05, 0.1) is 0 Å². The van der Waals surface area contributed by atoms with Gasteiger partial charge < -0.3 is 10.8 Å². The highest BCUT2D eigenvalue weighted by atomic mass is 79.9. The number of hydrogen-bond donors (Lipinski definition) is 2. The first-order valence-corrected chi connectivity index (χ1v) is 8.20. The number of sulfonamides is 1. The third kappa shape index (κ3) is 3.07. The van der Waals surface area contributed by atoms with Crippen molar-refractivity contribution in [2.24, 2.45) is 5.92 Å². The smallest absolute Gasteiger partial charge is 0.246 e. The lowest BCUT2D eigenvalue weighted by Crippen LogP contribution is -2.29. The predicted octanol–water partition coefficient (Wildman–Crippen LogP) is 0.819. The minimum atomic E-state index is -3.61. The molecule has 0 bridgehead atoms. The van der Waals surface area contributed by atoms with Crippen molar-refractivity contribution >= 4 is 31.8 Å². The summed E-state index contributed by atoms with van der Waals surface area (Å²) in [5.74, 6) is 0.218. The molecule has 1 aliphatic heterocycles. The van der Waals surface area contributed by atoms with Gasteiger partial charge in [-0.3, -0.25) is 0 Å². The van der Waals surface area contributed by atoms with Crippen LogP contribution in [0.3, 0.4) is 0 Å². The number of anilines is 1. The lowest BCUT2D eigenvalue weighted by molar-refractivity contribution is 0.259. The van der Waals surface area contributed by atoms with E-state index >= 15 is 0 Å². The van der Waals surface area contributed by atoms with E-state index in [1.165, 1.54) is 16.6 Å². The van der Waals surface area contributed by atoms with Crippen molar-refractivity contribution in [2.45, 2.75) is 17.7 Å². The highest BCUT2D eigenvalue weighted by Gasteiger charge is 2.33. The van der Waals surface area contributed by atoms with Crippen LogP contribution in [0.25, 0.3) is 0 Å². The van der Waals surface area contributed by atoms with Crippen LogP contribution in [0.4, 0.5) is 5.82 Å². The Labute approximate surface area is 120 Å². The molecule has 1 unspecified atom stereocenters. The summed E-state index contributed by atoms with van der Waals surface area (Å²) in [5, 5.41) is 8.91. The van der Waals surface area contributed by atoms with Crippen LogP contribution in [0.5, 0.6) is 0 Å². The largest absolute Gasteiger partial charge is 0.396 e. The third-order valence-corrected chi connectivity index (χ3v) is 5.58. The first-order valence-electron chi connectivity index (χ1n) is 5.97. The van der Waals surface area contributed by atoms with Gasteiger partial charge in [-0.15, -0.1) is 0 Å². The molecule has 0 amide bonds. The lowest BCUT2D eigenvalue weighted by atomic mass is 10.1. The van der Waals surface area contributed by atoms with Crippen molar-refractivity contribution < 1.29 is 13.5 Å². The van der Waals surface area contributed by atoms with Gasteiger partial charge in [-0.2, -0.15) is 4.31 Å². The zero-order chi connectivity index (χ0) is 14.0. The van der Waals surface area contributed by atoms with E-state index < -0.39 is 10.0 Å². The molecule has 106 valence electrons. The highest BCUT2D eigenvalue weighted by Crippen LogP contribution is 2.29. The normalized spacial score (nSPS) is 20.8. The van der Waals surface area contributed by atoms with Crippen LogP contribution in [-0.2, 0) is 10.0 Å². The third-order valence-electron chi connectivity index (χ3n) is 3.25. The van der Waals surface area contributed by atoms with Gasteiger partial charge in [0, 0.05) is 30.4 Å². The second-order valence-corrected chi connectivity index (χ2v) is 7.39. The van der Waals surface area contributed by atoms with Crippen LogP contribution < -0.4 is 5.73 Å². The Kier molecular flexibility index (Phi) is 4.44. The fraction of sp³-hybridized carbons (Fsp3) is 0.545. The van der Waals surface area contributed by atoms with Gasteiger partial charge in [-0.1, -0.05) is 0 Å². The summed E-state index contributed by atoms with van der Waals surface area (Å²) in [7, 11) is -3.61. The van der Waals surface area contributed by atoms with Gasteiger partial charge >= 0.3 is 0 Å². The van der Waals surface area contributed by atoms with E-state index in [0.717, 1.165) is 6.42 Å². The van der Waals surface area contributed by atoms with E-state index in [4.69, 9.17) is 10.8 Å². The van der Waals surface area contributed by atoms with E-state index in [2.05, 4.69) is 20.9 Å². The van der Waals surface area contributed by atoms with Crippen molar-refractivity contribution in [3.63, 3.8) is 0 Å². The SMILES string of the molecule is Nc1ncc(Br)cc1S(=O)(=O)N1CCC(CCO)C1. The molecule has 0 saturated carbocycles. The Morgan fingerprint density at radius 2 is 2.32 bits per heavy atom.